The molecule has 0 aliphatic heterocycles. The van der Waals surface area contributed by atoms with Crippen LogP contribution in [0.3, 0.4) is 0 Å². The summed E-state index contributed by atoms with van der Waals surface area (Å²) >= 11 is 0. The van der Waals surface area contributed by atoms with Gasteiger partial charge < -0.3 is 19.9 Å². The number of hydrogen-bond acceptors (Lipinski definition) is 6. The predicted octanol–water partition coefficient (Wildman–Crippen LogP) is 4.36. The Kier molecular flexibility index (Phi) is 10.6. The summed E-state index contributed by atoms with van der Waals surface area (Å²) in [7, 11) is 0. The van der Waals surface area contributed by atoms with E-state index in [0.29, 0.717) is 6.42 Å². The van der Waals surface area contributed by atoms with E-state index in [1.54, 1.807) is 27.7 Å². The Labute approximate surface area is 212 Å². The summed E-state index contributed by atoms with van der Waals surface area (Å²) in [5, 5.41) is 11.7. The van der Waals surface area contributed by atoms with E-state index in [4.69, 9.17) is 14.6 Å². The number of esters is 2. The van der Waals surface area contributed by atoms with Crippen LogP contribution in [0.25, 0.3) is 11.1 Å². The van der Waals surface area contributed by atoms with Crippen molar-refractivity contribution in [3.8, 4) is 11.1 Å². The number of nitrogens with one attached hydrogen (secondary N) is 1. The number of amides is 1. The van der Waals surface area contributed by atoms with Gasteiger partial charge in [-0.3, -0.25) is 19.2 Å². The van der Waals surface area contributed by atoms with E-state index in [2.05, 4.69) is 5.32 Å². The number of hydrogen-bond donors (Lipinski definition) is 2. The molecule has 0 radical (unpaired) electrons. The zero-order valence-electron chi connectivity index (χ0n) is 21.3. The van der Waals surface area contributed by atoms with Crippen LogP contribution in [-0.4, -0.2) is 41.8 Å². The highest BCUT2D eigenvalue weighted by atomic mass is 16.7. The Balaban J connectivity index is 2.02. The number of benzene rings is 2. The van der Waals surface area contributed by atoms with Crippen LogP contribution in [0.1, 0.15) is 52.5 Å². The van der Waals surface area contributed by atoms with E-state index < -0.39 is 48.0 Å². The first kappa shape index (κ1) is 28.6. The van der Waals surface area contributed by atoms with Crippen molar-refractivity contribution >= 4 is 23.8 Å². The molecule has 1 amide bonds. The second kappa shape index (κ2) is 13.4. The summed E-state index contributed by atoms with van der Waals surface area (Å²) in [5.41, 5.74) is 2.39. The van der Waals surface area contributed by atoms with Crippen LogP contribution in [0.15, 0.2) is 54.6 Å². The molecule has 0 aliphatic carbocycles. The summed E-state index contributed by atoms with van der Waals surface area (Å²) in [6, 6.07) is 17.4. The van der Waals surface area contributed by atoms with Crippen LogP contribution >= 0.6 is 0 Å². The van der Waals surface area contributed by atoms with Gasteiger partial charge in [0, 0.05) is 12.5 Å². The lowest BCUT2D eigenvalue weighted by atomic mass is 9.94. The summed E-state index contributed by atoms with van der Waals surface area (Å²) < 4.78 is 10.1. The van der Waals surface area contributed by atoms with Gasteiger partial charge in [-0.25, -0.2) is 0 Å². The summed E-state index contributed by atoms with van der Waals surface area (Å²) in [6.45, 7) is 6.29. The van der Waals surface area contributed by atoms with Crippen molar-refractivity contribution in [2.45, 2.75) is 59.4 Å². The van der Waals surface area contributed by atoms with Crippen LogP contribution in [0, 0.1) is 11.3 Å². The molecule has 2 N–H and O–H groups in total. The molecule has 2 rings (SSSR count). The molecule has 0 heterocycles. The zero-order chi connectivity index (χ0) is 26.7. The van der Waals surface area contributed by atoms with Gasteiger partial charge >= 0.3 is 17.9 Å². The van der Waals surface area contributed by atoms with Crippen molar-refractivity contribution in [1.29, 1.82) is 0 Å². The van der Waals surface area contributed by atoms with Gasteiger partial charge in [0.2, 0.25) is 12.7 Å². The standard InChI is InChI=1S/C28H35NO7/c1-19(26(33)35-18-36-27(34)28(2,3)4)16-23(29-24(30)14-15-25(31)32)17-20-10-12-22(13-11-20)21-8-6-5-7-9-21/h5-13,19,23H,14-18H2,1-4H3,(H,29,30)(H,31,32)/t19-,23+/m1/s1. The van der Waals surface area contributed by atoms with E-state index >= 15 is 0 Å². The maximum Gasteiger partial charge on any atom is 0.314 e. The molecule has 36 heavy (non-hydrogen) atoms. The molecule has 0 saturated carbocycles. The molecule has 194 valence electrons. The average Bonchev–Trinajstić information content (AvgIpc) is 2.83. The molecule has 0 fully saturated rings. The fourth-order valence-corrected chi connectivity index (χ4v) is 3.48. The third-order valence-electron chi connectivity index (χ3n) is 5.52. The fourth-order valence-electron chi connectivity index (χ4n) is 3.48. The summed E-state index contributed by atoms with van der Waals surface area (Å²) in [4.78, 5) is 47.5. The average molecular weight is 498 g/mol. The van der Waals surface area contributed by atoms with Crippen molar-refractivity contribution in [3.05, 3.63) is 60.2 Å². The van der Waals surface area contributed by atoms with Crippen LogP contribution < -0.4 is 5.32 Å². The van der Waals surface area contributed by atoms with Crippen LogP contribution in [0.2, 0.25) is 0 Å². The Bertz CT molecular complexity index is 1030. The quantitative estimate of drug-likeness (QED) is 0.330. The Hall–Kier alpha value is -3.68. The number of aliphatic carboxylic acids is 1. The van der Waals surface area contributed by atoms with Gasteiger partial charge in [0.1, 0.15) is 0 Å². The minimum absolute atomic E-state index is 0.152. The second-order valence-corrected chi connectivity index (χ2v) is 9.83. The molecule has 8 nitrogen and oxygen atoms in total. The highest BCUT2D eigenvalue weighted by Gasteiger charge is 2.25. The lowest BCUT2D eigenvalue weighted by molar-refractivity contribution is -0.175. The molecule has 0 aliphatic rings. The van der Waals surface area contributed by atoms with Crippen molar-refractivity contribution < 1.29 is 33.8 Å². The van der Waals surface area contributed by atoms with Gasteiger partial charge in [-0.15, -0.1) is 0 Å². The number of ether oxygens (including phenoxy) is 2. The molecule has 0 spiro atoms. The van der Waals surface area contributed by atoms with E-state index in [0.717, 1.165) is 16.7 Å². The lowest BCUT2D eigenvalue weighted by Crippen LogP contribution is -2.39. The van der Waals surface area contributed by atoms with Gasteiger partial charge in [-0.05, 0) is 50.3 Å². The largest absolute Gasteiger partial charge is 0.481 e. The highest BCUT2D eigenvalue weighted by molar-refractivity contribution is 5.81. The van der Waals surface area contributed by atoms with Crippen LogP contribution in [-0.2, 0) is 35.1 Å². The van der Waals surface area contributed by atoms with Crippen LogP contribution in [0.4, 0.5) is 0 Å². The van der Waals surface area contributed by atoms with Crippen molar-refractivity contribution in [2.75, 3.05) is 6.79 Å². The first-order valence-corrected chi connectivity index (χ1v) is 11.9. The van der Waals surface area contributed by atoms with E-state index in [1.165, 1.54) is 0 Å². The van der Waals surface area contributed by atoms with E-state index in [1.807, 2.05) is 54.6 Å². The van der Waals surface area contributed by atoms with Crippen molar-refractivity contribution in [2.24, 2.45) is 11.3 Å². The molecule has 2 atom stereocenters. The van der Waals surface area contributed by atoms with Gasteiger partial charge in [0.25, 0.3) is 0 Å². The van der Waals surface area contributed by atoms with Gasteiger partial charge in [-0.2, -0.15) is 0 Å². The maximum absolute atomic E-state index is 12.5. The van der Waals surface area contributed by atoms with Gasteiger partial charge in [-0.1, -0.05) is 61.5 Å². The van der Waals surface area contributed by atoms with Crippen molar-refractivity contribution in [3.63, 3.8) is 0 Å². The number of carboxylic acids is 1. The number of rotatable bonds is 12. The molecule has 0 unspecified atom stereocenters. The molecular formula is C28H35NO7. The monoisotopic (exact) mass is 497 g/mol. The number of carboxylic acid groups (broad SMARTS) is 1. The predicted molar refractivity (Wildman–Crippen MR) is 135 cm³/mol. The highest BCUT2D eigenvalue weighted by Crippen LogP contribution is 2.21. The third-order valence-corrected chi connectivity index (χ3v) is 5.52. The molecule has 0 aromatic heterocycles. The normalized spacial score (nSPS) is 12.8. The van der Waals surface area contributed by atoms with Crippen molar-refractivity contribution in [1.82, 2.24) is 5.32 Å². The molecule has 0 saturated heterocycles. The smallest absolute Gasteiger partial charge is 0.314 e. The minimum atomic E-state index is -1.06. The van der Waals surface area contributed by atoms with E-state index in [-0.39, 0.29) is 19.3 Å². The Morgan fingerprint density at radius 2 is 1.50 bits per heavy atom. The molecule has 0 bridgehead atoms. The lowest BCUT2D eigenvalue weighted by Gasteiger charge is -2.22. The molecular weight excluding hydrogens is 462 g/mol. The third kappa shape index (κ3) is 9.90. The van der Waals surface area contributed by atoms with Gasteiger partial charge in [0.05, 0.1) is 17.8 Å². The topological polar surface area (TPSA) is 119 Å². The second-order valence-electron chi connectivity index (χ2n) is 9.83. The Morgan fingerprint density at radius 3 is 2.08 bits per heavy atom. The number of carbonyl (C=O) groups excluding carboxylic acids is 3. The summed E-state index contributed by atoms with van der Waals surface area (Å²) in [5.74, 6) is -3.08. The molecule has 8 heteroatoms. The first-order chi connectivity index (χ1) is 17.0. The molecule has 2 aromatic rings. The summed E-state index contributed by atoms with van der Waals surface area (Å²) in [6.07, 6.45) is 0.289. The maximum atomic E-state index is 12.5. The SMILES string of the molecule is C[C@H](C[C@@H](Cc1ccc(-c2ccccc2)cc1)NC(=O)CCC(=O)O)C(=O)OCOC(=O)C(C)(C)C. The minimum Gasteiger partial charge on any atom is -0.481 e. The van der Waals surface area contributed by atoms with Gasteiger partial charge in [0.15, 0.2) is 0 Å². The Morgan fingerprint density at radius 1 is 0.889 bits per heavy atom. The zero-order valence-corrected chi connectivity index (χ0v) is 21.3. The van der Waals surface area contributed by atoms with E-state index in [9.17, 15) is 19.2 Å². The number of carbonyl (C=O) groups is 4. The van der Waals surface area contributed by atoms with Crippen LogP contribution in [0.5, 0.6) is 0 Å². The fraction of sp³-hybridized carbons (Fsp3) is 0.429. The first-order valence-electron chi connectivity index (χ1n) is 11.9. The molecule has 2 aromatic carbocycles.